The third kappa shape index (κ3) is 2.64. The Morgan fingerprint density at radius 3 is 3.00 bits per heavy atom. The van der Waals surface area contributed by atoms with Crippen LogP contribution in [-0.4, -0.2) is 31.1 Å². The minimum absolute atomic E-state index is 0.123. The first-order chi connectivity index (χ1) is 4.93. The van der Waals surface area contributed by atoms with E-state index in [1.54, 1.807) is 0 Å². The van der Waals surface area contributed by atoms with E-state index in [4.69, 9.17) is 9.84 Å². The summed E-state index contributed by atoms with van der Waals surface area (Å²) >= 11 is 0. The zero-order valence-electron chi connectivity index (χ0n) is 6.18. The average Bonchev–Trinajstić information content (AvgIpc) is 2.03. The van der Waals surface area contributed by atoms with Crippen LogP contribution in [0.1, 0.15) is 19.3 Å². The summed E-state index contributed by atoms with van der Waals surface area (Å²) in [6, 6.07) is 0. The molecule has 0 aromatic heterocycles. The molecule has 1 rings (SSSR count). The molecule has 3 nitrogen and oxygen atoms in total. The number of hydrogen-bond donors (Lipinski definition) is 2. The van der Waals surface area contributed by atoms with E-state index in [0.717, 1.165) is 13.0 Å². The molecule has 1 saturated heterocycles. The molecule has 2 N–H and O–H groups in total. The summed E-state index contributed by atoms with van der Waals surface area (Å²) in [6.07, 6.45) is 3.77. The fourth-order valence-electron chi connectivity index (χ4n) is 1.16. The van der Waals surface area contributed by atoms with Crippen LogP contribution in [0.3, 0.4) is 0 Å². The van der Waals surface area contributed by atoms with Gasteiger partial charge in [-0.1, -0.05) is 0 Å². The van der Waals surface area contributed by atoms with Gasteiger partial charge >= 0.3 is 0 Å². The van der Waals surface area contributed by atoms with E-state index in [-0.39, 0.29) is 12.8 Å². The van der Waals surface area contributed by atoms with E-state index in [9.17, 15) is 0 Å². The lowest BCUT2D eigenvalue weighted by Gasteiger charge is -2.23. The van der Waals surface area contributed by atoms with Crippen molar-refractivity contribution in [3.8, 4) is 0 Å². The fourth-order valence-corrected chi connectivity index (χ4v) is 1.16. The van der Waals surface area contributed by atoms with Gasteiger partial charge in [0.1, 0.15) is 6.23 Å². The molecule has 1 atom stereocenters. The molecule has 0 saturated carbocycles. The Balaban J connectivity index is 2.02. The molecular formula is C7H15NO2. The second-order valence-corrected chi connectivity index (χ2v) is 2.53. The van der Waals surface area contributed by atoms with Crippen LogP contribution in [-0.2, 0) is 4.74 Å². The summed E-state index contributed by atoms with van der Waals surface area (Å²) in [5.74, 6) is 0. The summed E-state index contributed by atoms with van der Waals surface area (Å²) in [6.45, 7) is 1.63. The van der Waals surface area contributed by atoms with E-state index in [0.29, 0.717) is 6.61 Å². The van der Waals surface area contributed by atoms with Crippen LogP contribution in [0.25, 0.3) is 0 Å². The van der Waals surface area contributed by atoms with Crippen molar-refractivity contribution >= 4 is 0 Å². The van der Waals surface area contributed by atoms with Crippen molar-refractivity contribution < 1.29 is 9.84 Å². The lowest BCUT2D eigenvalue weighted by atomic mass is 10.1. The van der Waals surface area contributed by atoms with Crippen LogP contribution in [0.2, 0.25) is 0 Å². The van der Waals surface area contributed by atoms with Gasteiger partial charge in [-0.2, -0.15) is 0 Å². The zero-order valence-corrected chi connectivity index (χ0v) is 6.18. The predicted molar refractivity (Wildman–Crippen MR) is 38.7 cm³/mol. The molecular weight excluding hydrogens is 130 g/mol. The van der Waals surface area contributed by atoms with Crippen LogP contribution in [0, 0.1) is 0 Å². The Kier molecular flexibility index (Phi) is 3.72. The summed E-state index contributed by atoms with van der Waals surface area (Å²) in [7, 11) is 0. The highest BCUT2D eigenvalue weighted by Gasteiger charge is 2.11. The zero-order chi connectivity index (χ0) is 7.23. The number of piperidine rings is 1. The average molecular weight is 145 g/mol. The molecule has 0 aliphatic carbocycles. The van der Waals surface area contributed by atoms with E-state index >= 15 is 0 Å². The number of rotatable bonds is 3. The summed E-state index contributed by atoms with van der Waals surface area (Å²) < 4.78 is 5.27. The molecule has 0 aromatic rings. The number of aliphatic hydroxyl groups is 1. The van der Waals surface area contributed by atoms with Gasteiger partial charge in [-0.05, 0) is 25.8 Å². The standard InChI is InChI=1S/C7H15NO2/c9-5-6-10-7-3-1-2-4-8-7/h7-9H,1-6H2. The SMILES string of the molecule is OCCOC1CCCCN1. The molecule has 1 aliphatic heterocycles. The van der Waals surface area contributed by atoms with Gasteiger partial charge < -0.3 is 9.84 Å². The maximum atomic E-state index is 8.44. The van der Waals surface area contributed by atoms with E-state index in [2.05, 4.69) is 5.32 Å². The highest BCUT2D eigenvalue weighted by molar-refractivity contribution is 4.62. The summed E-state index contributed by atoms with van der Waals surface area (Å²) in [5, 5.41) is 11.7. The van der Waals surface area contributed by atoms with Crippen molar-refractivity contribution in [1.29, 1.82) is 0 Å². The predicted octanol–water partition coefficient (Wildman–Crippen LogP) is 0.0949. The molecule has 0 bridgehead atoms. The fraction of sp³-hybridized carbons (Fsp3) is 1.00. The maximum absolute atomic E-state index is 8.44. The van der Waals surface area contributed by atoms with Gasteiger partial charge in [0.05, 0.1) is 13.2 Å². The van der Waals surface area contributed by atoms with Gasteiger partial charge in [0.15, 0.2) is 0 Å². The van der Waals surface area contributed by atoms with Crippen molar-refractivity contribution in [1.82, 2.24) is 5.32 Å². The molecule has 0 radical (unpaired) electrons. The van der Waals surface area contributed by atoms with Gasteiger partial charge in [0, 0.05) is 0 Å². The first-order valence-electron chi connectivity index (χ1n) is 3.89. The minimum Gasteiger partial charge on any atom is -0.394 e. The van der Waals surface area contributed by atoms with Gasteiger partial charge in [0.2, 0.25) is 0 Å². The molecule has 1 unspecified atom stereocenters. The lowest BCUT2D eigenvalue weighted by Crippen LogP contribution is -2.36. The second kappa shape index (κ2) is 4.66. The number of ether oxygens (including phenoxy) is 1. The van der Waals surface area contributed by atoms with Gasteiger partial charge in [0.25, 0.3) is 0 Å². The van der Waals surface area contributed by atoms with Gasteiger partial charge in [-0.15, -0.1) is 0 Å². The maximum Gasteiger partial charge on any atom is 0.108 e. The molecule has 10 heavy (non-hydrogen) atoms. The Morgan fingerprint density at radius 2 is 2.40 bits per heavy atom. The largest absolute Gasteiger partial charge is 0.394 e. The first kappa shape index (κ1) is 7.98. The second-order valence-electron chi connectivity index (χ2n) is 2.53. The molecule has 3 heteroatoms. The highest BCUT2D eigenvalue weighted by Crippen LogP contribution is 2.07. The van der Waals surface area contributed by atoms with Crippen LogP contribution in [0.4, 0.5) is 0 Å². The van der Waals surface area contributed by atoms with E-state index in [1.165, 1.54) is 12.8 Å². The number of nitrogens with one attached hydrogen (secondary N) is 1. The van der Waals surface area contributed by atoms with E-state index < -0.39 is 0 Å². The van der Waals surface area contributed by atoms with Crippen molar-refractivity contribution in [2.24, 2.45) is 0 Å². The number of hydrogen-bond acceptors (Lipinski definition) is 3. The lowest BCUT2D eigenvalue weighted by molar-refractivity contribution is -0.00496. The molecule has 0 aromatic carbocycles. The number of aliphatic hydroxyl groups excluding tert-OH is 1. The van der Waals surface area contributed by atoms with Crippen LogP contribution in [0.15, 0.2) is 0 Å². The van der Waals surface area contributed by atoms with Crippen molar-refractivity contribution in [3.63, 3.8) is 0 Å². The van der Waals surface area contributed by atoms with Gasteiger partial charge in [-0.3, -0.25) is 5.32 Å². The molecule has 0 spiro atoms. The van der Waals surface area contributed by atoms with Crippen LogP contribution >= 0.6 is 0 Å². The van der Waals surface area contributed by atoms with Gasteiger partial charge in [-0.25, -0.2) is 0 Å². The topological polar surface area (TPSA) is 41.5 Å². The molecule has 1 aliphatic rings. The molecule has 0 amide bonds. The van der Waals surface area contributed by atoms with E-state index in [1.807, 2.05) is 0 Å². The van der Waals surface area contributed by atoms with Crippen LogP contribution in [0.5, 0.6) is 0 Å². The quantitative estimate of drug-likeness (QED) is 0.591. The molecule has 1 fully saturated rings. The highest BCUT2D eigenvalue weighted by atomic mass is 16.5. The normalized spacial score (nSPS) is 26.7. The van der Waals surface area contributed by atoms with Crippen molar-refractivity contribution in [2.45, 2.75) is 25.5 Å². The van der Waals surface area contributed by atoms with Crippen LogP contribution < -0.4 is 5.32 Å². The Hall–Kier alpha value is -0.120. The molecule has 1 heterocycles. The minimum atomic E-state index is 0.123. The van der Waals surface area contributed by atoms with Crippen molar-refractivity contribution in [3.05, 3.63) is 0 Å². The smallest absolute Gasteiger partial charge is 0.108 e. The Labute approximate surface area is 61.4 Å². The third-order valence-corrected chi connectivity index (χ3v) is 1.68. The summed E-state index contributed by atoms with van der Waals surface area (Å²) in [5.41, 5.74) is 0. The Morgan fingerprint density at radius 1 is 1.50 bits per heavy atom. The molecule has 60 valence electrons. The van der Waals surface area contributed by atoms with Crippen molar-refractivity contribution in [2.75, 3.05) is 19.8 Å². The Bertz CT molecular complexity index is 81.7. The monoisotopic (exact) mass is 145 g/mol. The first-order valence-corrected chi connectivity index (χ1v) is 3.89. The summed E-state index contributed by atoms with van der Waals surface area (Å²) in [4.78, 5) is 0. The third-order valence-electron chi connectivity index (χ3n) is 1.68.